The molecule has 0 aliphatic heterocycles. The summed E-state index contributed by atoms with van der Waals surface area (Å²) in [6, 6.07) is 23.0. The quantitative estimate of drug-likeness (QED) is 0.346. The normalized spacial score (nSPS) is 11.9. The number of anilines is 1. The fourth-order valence-electron chi connectivity index (χ4n) is 3.23. The van der Waals surface area contributed by atoms with Crippen LogP contribution in [-0.4, -0.2) is 11.0 Å². The summed E-state index contributed by atoms with van der Waals surface area (Å²) in [7, 11) is 0. The van der Waals surface area contributed by atoms with Crippen molar-refractivity contribution in [2.45, 2.75) is 13.0 Å². The van der Waals surface area contributed by atoms with Crippen LogP contribution in [0.2, 0.25) is 10.0 Å². The summed E-state index contributed by atoms with van der Waals surface area (Å²) < 4.78 is 5.75. The number of carbonyl (C=O) groups is 1. The minimum atomic E-state index is -0.947. The minimum Gasteiger partial charge on any atom is -0.451 e. The Labute approximate surface area is 190 Å². The van der Waals surface area contributed by atoms with E-state index in [0.717, 1.165) is 11.1 Å². The highest BCUT2D eigenvalue weighted by atomic mass is 35.5. The highest BCUT2D eigenvalue weighted by Crippen LogP contribution is 2.32. The van der Waals surface area contributed by atoms with E-state index < -0.39 is 12.0 Å². The topological polar surface area (TPSA) is 62.5 Å². The van der Waals surface area contributed by atoms with Crippen molar-refractivity contribution in [1.82, 2.24) is 0 Å². The van der Waals surface area contributed by atoms with E-state index in [2.05, 4.69) is 5.32 Å². The Hall–Kier alpha value is -3.05. The number of furan rings is 1. The summed E-state index contributed by atoms with van der Waals surface area (Å²) in [6.07, 6.45) is -0.947. The van der Waals surface area contributed by atoms with Gasteiger partial charge in [0.1, 0.15) is 11.9 Å². The molecular weight excluding hydrogens is 433 g/mol. The largest absolute Gasteiger partial charge is 0.451 e. The Balaban J connectivity index is 1.59. The van der Waals surface area contributed by atoms with E-state index in [-0.39, 0.29) is 5.76 Å². The van der Waals surface area contributed by atoms with Crippen LogP contribution in [0.15, 0.2) is 83.3 Å². The molecule has 1 heterocycles. The predicted octanol–water partition coefficient (Wildman–Crippen LogP) is 6.90. The van der Waals surface area contributed by atoms with E-state index in [1.54, 1.807) is 36.4 Å². The highest BCUT2D eigenvalue weighted by molar-refractivity contribution is 6.31. The number of amides is 1. The van der Waals surface area contributed by atoms with Crippen molar-refractivity contribution in [3.05, 3.63) is 111 Å². The molecule has 4 rings (SSSR count). The van der Waals surface area contributed by atoms with Gasteiger partial charge < -0.3 is 14.8 Å². The Morgan fingerprint density at radius 1 is 0.968 bits per heavy atom. The van der Waals surface area contributed by atoms with Gasteiger partial charge in [0.25, 0.3) is 5.91 Å². The van der Waals surface area contributed by atoms with Crippen LogP contribution in [-0.2, 0) is 0 Å². The van der Waals surface area contributed by atoms with Gasteiger partial charge in [-0.1, -0.05) is 65.7 Å². The van der Waals surface area contributed by atoms with Gasteiger partial charge in [-0.25, -0.2) is 0 Å². The Kier molecular flexibility index (Phi) is 6.14. The van der Waals surface area contributed by atoms with Gasteiger partial charge in [0, 0.05) is 26.9 Å². The number of aliphatic hydroxyl groups excluding tert-OH is 1. The first kappa shape index (κ1) is 21.2. The number of rotatable bonds is 5. The number of hydrogen-bond acceptors (Lipinski definition) is 3. The van der Waals surface area contributed by atoms with E-state index in [9.17, 15) is 9.90 Å². The first-order valence-corrected chi connectivity index (χ1v) is 10.4. The van der Waals surface area contributed by atoms with Crippen molar-refractivity contribution in [1.29, 1.82) is 0 Å². The van der Waals surface area contributed by atoms with Gasteiger partial charge >= 0.3 is 0 Å². The lowest BCUT2D eigenvalue weighted by Gasteiger charge is -2.17. The molecule has 0 aliphatic carbocycles. The molecule has 31 heavy (non-hydrogen) atoms. The summed E-state index contributed by atoms with van der Waals surface area (Å²) in [6.45, 7) is 1.92. The van der Waals surface area contributed by atoms with E-state index in [1.807, 2.05) is 49.4 Å². The maximum atomic E-state index is 12.8. The Morgan fingerprint density at radius 2 is 1.74 bits per heavy atom. The van der Waals surface area contributed by atoms with Crippen molar-refractivity contribution in [3.63, 3.8) is 0 Å². The fraction of sp³-hybridized carbons (Fsp3) is 0.0800. The fourth-order valence-corrected chi connectivity index (χ4v) is 3.59. The van der Waals surface area contributed by atoms with E-state index in [0.29, 0.717) is 32.6 Å². The van der Waals surface area contributed by atoms with Crippen molar-refractivity contribution >= 4 is 34.8 Å². The molecule has 0 aliphatic rings. The molecule has 0 fully saturated rings. The third-order valence-corrected chi connectivity index (χ3v) is 5.60. The second kappa shape index (κ2) is 8.98. The van der Waals surface area contributed by atoms with Crippen LogP contribution < -0.4 is 5.32 Å². The van der Waals surface area contributed by atoms with E-state index >= 15 is 0 Å². The van der Waals surface area contributed by atoms with E-state index in [4.69, 9.17) is 27.6 Å². The molecule has 2 N–H and O–H groups in total. The molecule has 6 heteroatoms. The van der Waals surface area contributed by atoms with Gasteiger partial charge in [0.15, 0.2) is 5.76 Å². The zero-order valence-corrected chi connectivity index (χ0v) is 18.1. The average Bonchev–Trinajstić information content (AvgIpc) is 3.27. The summed E-state index contributed by atoms with van der Waals surface area (Å²) in [4.78, 5) is 12.8. The van der Waals surface area contributed by atoms with E-state index in [1.165, 1.54) is 0 Å². The SMILES string of the molecule is Cc1ccc(-c2ccc(C(=O)Nc3ccc(Cl)cc3C(O)c3ccccc3)o2)cc1Cl. The zero-order valence-electron chi connectivity index (χ0n) is 16.6. The highest BCUT2D eigenvalue weighted by Gasteiger charge is 2.19. The molecule has 4 nitrogen and oxygen atoms in total. The van der Waals surface area contributed by atoms with Gasteiger partial charge in [-0.15, -0.1) is 0 Å². The third-order valence-electron chi connectivity index (χ3n) is 4.96. The number of benzene rings is 3. The first-order chi connectivity index (χ1) is 14.9. The molecule has 3 aromatic carbocycles. The Morgan fingerprint density at radius 3 is 2.48 bits per heavy atom. The standard InChI is InChI=1S/C25H19Cl2NO3/c1-15-7-8-17(13-20(15)27)22-11-12-23(31-22)25(30)28-21-10-9-18(26)14-19(21)24(29)16-5-3-2-4-6-16/h2-14,24,29H,1H3,(H,28,30). The maximum absolute atomic E-state index is 12.8. The number of aryl methyl sites for hydroxylation is 1. The van der Waals surface area contributed by atoms with Gasteiger partial charge in [0.05, 0.1) is 0 Å². The molecule has 1 aromatic heterocycles. The lowest BCUT2D eigenvalue weighted by atomic mass is 10.00. The number of nitrogens with one attached hydrogen (secondary N) is 1. The Bertz CT molecular complexity index is 1230. The molecule has 0 saturated carbocycles. The number of carbonyl (C=O) groups excluding carboxylic acids is 1. The van der Waals surface area contributed by atoms with Crippen LogP contribution in [0.5, 0.6) is 0 Å². The predicted molar refractivity (Wildman–Crippen MR) is 124 cm³/mol. The summed E-state index contributed by atoms with van der Waals surface area (Å²) >= 11 is 12.3. The van der Waals surface area contributed by atoms with Crippen LogP contribution in [0.4, 0.5) is 5.69 Å². The molecular formula is C25H19Cl2NO3. The number of halogens is 2. The molecule has 156 valence electrons. The van der Waals surface area contributed by atoms with Gasteiger partial charge in [-0.2, -0.15) is 0 Å². The average molecular weight is 452 g/mol. The van der Waals surface area contributed by atoms with Crippen LogP contribution in [0.1, 0.15) is 33.3 Å². The molecule has 1 amide bonds. The molecule has 0 bridgehead atoms. The second-order valence-electron chi connectivity index (χ2n) is 7.13. The minimum absolute atomic E-state index is 0.141. The van der Waals surface area contributed by atoms with Gasteiger partial charge in [-0.3, -0.25) is 4.79 Å². The number of aliphatic hydroxyl groups is 1. The van der Waals surface area contributed by atoms with Crippen LogP contribution in [0.3, 0.4) is 0 Å². The lowest BCUT2D eigenvalue weighted by Crippen LogP contribution is -2.14. The molecule has 0 saturated heterocycles. The smallest absolute Gasteiger partial charge is 0.291 e. The second-order valence-corrected chi connectivity index (χ2v) is 7.97. The van der Waals surface area contributed by atoms with Crippen LogP contribution >= 0.6 is 23.2 Å². The van der Waals surface area contributed by atoms with Crippen molar-refractivity contribution in [2.24, 2.45) is 0 Å². The first-order valence-electron chi connectivity index (χ1n) is 9.62. The van der Waals surface area contributed by atoms with Crippen LogP contribution in [0.25, 0.3) is 11.3 Å². The summed E-state index contributed by atoms with van der Waals surface area (Å²) in [5, 5.41) is 14.7. The van der Waals surface area contributed by atoms with Crippen molar-refractivity contribution < 1.29 is 14.3 Å². The van der Waals surface area contributed by atoms with Gasteiger partial charge in [0.2, 0.25) is 0 Å². The summed E-state index contributed by atoms with van der Waals surface area (Å²) in [5.41, 5.74) is 3.37. The third kappa shape index (κ3) is 4.67. The van der Waals surface area contributed by atoms with Gasteiger partial charge in [-0.05, 0) is 54.4 Å². The monoisotopic (exact) mass is 451 g/mol. The molecule has 1 atom stereocenters. The number of hydrogen-bond donors (Lipinski definition) is 2. The van der Waals surface area contributed by atoms with Crippen molar-refractivity contribution in [3.8, 4) is 11.3 Å². The zero-order chi connectivity index (χ0) is 22.0. The molecule has 1 unspecified atom stereocenters. The molecule has 0 spiro atoms. The van der Waals surface area contributed by atoms with Crippen LogP contribution in [0, 0.1) is 6.92 Å². The molecule has 4 aromatic rings. The molecule has 0 radical (unpaired) electrons. The lowest BCUT2D eigenvalue weighted by molar-refractivity contribution is 0.0997. The maximum Gasteiger partial charge on any atom is 0.291 e. The summed E-state index contributed by atoms with van der Waals surface area (Å²) in [5.74, 6) is 0.239. The van der Waals surface area contributed by atoms with Crippen molar-refractivity contribution in [2.75, 3.05) is 5.32 Å².